The highest BCUT2D eigenvalue weighted by atomic mass is 79.9. The minimum Gasteiger partial charge on any atom is -0.282 e. The number of hydrogen-bond acceptors (Lipinski definition) is 2. The lowest BCUT2D eigenvalue weighted by Gasteiger charge is -2.33. The normalized spacial score (nSPS) is 30.2. The summed E-state index contributed by atoms with van der Waals surface area (Å²) in [6.07, 6.45) is 4.89. The molecule has 20 heavy (non-hydrogen) atoms. The zero-order valence-electron chi connectivity index (χ0n) is 12.8. The van der Waals surface area contributed by atoms with E-state index in [1.54, 1.807) is 4.90 Å². The molecule has 1 aliphatic heterocycles. The highest BCUT2D eigenvalue weighted by Gasteiger charge is 2.53. The summed E-state index contributed by atoms with van der Waals surface area (Å²) >= 11 is 3.57. The first-order valence-electron chi connectivity index (χ1n) is 7.93. The van der Waals surface area contributed by atoms with Crippen LogP contribution in [0.15, 0.2) is 0 Å². The van der Waals surface area contributed by atoms with Crippen molar-refractivity contribution < 1.29 is 9.59 Å². The first kappa shape index (κ1) is 16.0. The van der Waals surface area contributed by atoms with Gasteiger partial charge in [0.25, 0.3) is 0 Å². The quantitative estimate of drug-likeness (QED) is 0.545. The molecule has 0 N–H and O–H groups in total. The van der Waals surface area contributed by atoms with Gasteiger partial charge in [0.1, 0.15) is 0 Å². The second kappa shape index (κ2) is 6.17. The molecule has 1 saturated heterocycles. The topological polar surface area (TPSA) is 37.4 Å². The maximum atomic E-state index is 12.6. The van der Waals surface area contributed by atoms with Gasteiger partial charge >= 0.3 is 0 Å². The van der Waals surface area contributed by atoms with Gasteiger partial charge in [-0.25, -0.2) is 0 Å². The lowest BCUT2D eigenvalue weighted by molar-refractivity contribution is -0.142. The highest BCUT2D eigenvalue weighted by molar-refractivity contribution is 9.09. The van der Waals surface area contributed by atoms with Crippen LogP contribution in [0.5, 0.6) is 0 Å². The second-order valence-electron chi connectivity index (χ2n) is 6.56. The Kier molecular flexibility index (Phi) is 4.93. The zero-order valence-corrected chi connectivity index (χ0v) is 14.4. The maximum Gasteiger partial charge on any atom is 0.233 e. The lowest BCUT2D eigenvalue weighted by Crippen LogP contribution is -2.42. The first-order chi connectivity index (χ1) is 9.51. The van der Waals surface area contributed by atoms with Crippen molar-refractivity contribution >= 4 is 27.7 Å². The van der Waals surface area contributed by atoms with E-state index in [4.69, 9.17) is 0 Å². The van der Waals surface area contributed by atoms with E-state index in [0.29, 0.717) is 12.5 Å². The van der Waals surface area contributed by atoms with E-state index in [2.05, 4.69) is 36.7 Å². The summed E-state index contributed by atoms with van der Waals surface area (Å²) in [5.74, 6) is 0.730. The standard InChI is InChI=1S/C16H26BrNO2/c1-4-11-7-12-13(8-11)15(20)18(14(12)19)10-16(5-2,6-3)9-17/h11-13H,4-10H2,1-3H3. The van der Waals surface area contributed by atoms with E-state index in [1.165, 1.54) is 0 Å². The smallest absolute Gasteiger partial charge is 0.233 e. The van der Waals surface area contributed by atoms with Crippen molar-refractivity contribution in [2.75, 3.05) is 11.9 Å². The fraction of sp³-hybridized carbons (Fsp3) is 0.875. The number of halogens is 1. The Morgan fingerprint density at radius 3 is 1.95 bits per heavy atom. The predicted octanol–water partition coefficient (Wildman–Crippen LogP) is 3.61. The van der Waals surface area contributed by atoms with Crippen LogP contribution in [0.4, 0.5) is 0 Å². The Morgan fingerprint density at radius 2 is 1.60 bits per heavy atom. The molecule has 0 aromatic heterocycles. The maximum absolute atomic E-state index is 12.6. The average Bonchev–Trinajstić information content (AvgIpc) is 2.99. The molecule has 0 radical (unpaired) electrons. The summed E-state index contributed by atoms with van der Waals surface area (Å²) in [6.45, 7) is 7.03. The van der Waals surface area contributed by atoms with Crippen LogP contribution in [0.1, 0.15) is 52.9 Å². The van der Waals surface area contributed by atoms with E-state index >= 15 is 0 Å². The Hall–Kier alpha value is -0.380. The molecule has 1 aliphatic carbocycles. The van der Waals surface area contributed by atoms with Gasteiger partial charge in [-0.05, 0) is 37.0 Å². The molecule has 2 amide bonds. The molecule has 3 nitrogen and oxygen atoms in total. The van der Waals surface area contributed by atoms with Crippen molar-refractivity contribution in [2.45, 2.75) is 52.9 Å². The minimum atomic E-state index is -0.0193. The molecule has 2 rings (SSSR count). The monoisotopic (exact) mass is 343 g/mol. The van der Waals surface area contributed by atoms with Crippen molar-refractivity contribution in [2.24, 2.45) is 23.2 Å². The van der Waals surface area contributed by atoms with Gasteiger partial charge in [0, 0.05) is 11.9 Å². The van der Waals surface area contributed by atoms with E-state index in [0.717, 1.165) is 37.4 Å². The average molecular weight is 344 g/mol. The highest BCUT2D eigenvalue weighted by Crippen LogP contribution is 2.45. The van der Waals surface area contributed by atoms with Crippen molar-refractivity contribution in [3.05, 3.63) is 0 Å². The molecule has 1 heterocycles. The molecule has 1 saturated carbocycles. The van der Waals surface area contributed by atoms with E-state index in [9.17, 15) is 9.59 Å². The number of imide groups is 1. The number of carbonyl (C=O) groups excluding carboxylic acids is 2. The van der Waals surface area contributed by atoms with Crippen LogP contribution in [0.25, 0.3) is 0 Å². The van der Waals surface area contributed by atoms with E-state index in [-0.39, 0.29) is 29.1 Å². The lowest BCUT2D eigenvalue weighted by atomic mass is 9.84. The SMILES string of the molecule is CCC1CC2C(=O)N(CC(CC)(CC)CBr)C(=O)C2C1. The van der Waals surface area contributed by atoms with Gasteiger partial charge in [-0.1, -0.05) is 43.1 Å². The summed E-state index contributed by atoms with van der Waals surface area (Å²) in [5, 5.41) is 0.844. The summed E-state index contributed by atoms with van der Waals surface area (Å²) in [4.78, 5) is 26.7. The molecular weight excluding hydrogens is 318 g/mol. The van der Waals surface area contributed by atoms with Gasteiger partial charge < -0.3 is 0 Å². The molecule has 2 atom stereocenters. The molecule has 0 aromatic carbocycles. The molecule has 4 heteroatoms. The molecule has 0 spiro atoms. The number of alkyl halides is 1. The van der Waals surface area contributed by atoms with Crippen molar-refractivity contribution in [1.29, 1.82) is 0 Å². The molecule has 2 aliphatic rings. The third-order valence-electron chi connectivity index (χ3n) is 5.68. The molecule has 0 aromatic rings. The molecule has 2 unspecified atom stereocenters. The van der Waals surface area contributed by atoms with Crippen LogP contribution in [-0.2, 0) is 9.59 Å². The number of carbonyl (C=O) groups is 2. The molecule has 0 bridgehead atoms. The molecule has 114 valence electrons. The van der Waals surface area contributed by atoms with E-state index in [1.807, 2.05) is 0 Å². The van der Waals surface area contributed by atoms with Crippen LogP contribution in [0.2, 0.25) is 0 Å². The van der Waals surface area contributed by atoms with Gasteiger partial charge in [-0.2, -0.15) is 0 Å². The Labute approximate surface area is 130 Å². The van der Waals surface area contributed by atoms with E-state index < -0.39 is 0 Å². The minimum absolute atomic E-state index is 0.0193. The number of nitrogens with zero attached hydrogens (tertiary/aromatic N) is 1. The third kappa shape index (κ3) is 2.56. The first-order valence-corrected chi connectivity index (χ1v) is 9.05. The number of fused-ring (bicyclic) bond motifs is 1. The summed E-state index contributed by atoms with van der Waals surface area (Å²) in [7, 11) is 0. The van der Waals surface area contributed by atoms with Gasteiger partial charge in [-0.15, -0.1) is 0 Å². The van der Waals surface area contributed by atoms with Gasteiger partial charge in [0.05, 0.1) is 11.8 Å². The number of rotatable bonds is 6. The van der Waals surface area contributed by atoms with Crippen LogP contribution >= 0.6 is 15.9 Å². The Balaban J connectivity index is 2.12. The summed E-state index contributed by atoms with van der Waals surface area (Å²) in [6, 6.07) is 0. The van der Waals surface area contributed by atoms with Crippen LogP contribution in [-0.4, -0.2) is 28.6 Å². The van der Waals surface area contributed by atoms with Crippen molar-refractivity contribution in [3.8, 4) is 0 Å². The summed E-state index contributed by atoms with van der Waals surface area (Å²) in [5.41, 5.74) is 0.0358. The summed E-state index contributed by atoms with van der Waals surface area (Å²) < 4.78 is 0. The Morgan fingerprint density at radius 1 is 1.10 bits per heavy atom. The predicted molar refractivity (Wildman–Crippen MR) is 83.5 cm³/mol. The molecular formula is C16H26BrNO2. The number of hydrogen-bond donors (Lipinski definition) is 0. The zero-order chi connectivity index (χ0) is 14.9. The van der Waals surface area contributed by atoms with Crippen molar-refractivity contribution in [3.63, 3.8) is 0 Å². The Bertz CT molecular complexity index is 360. The fourth-order valence-electron chi connectivity index (χ4n) is 3.73. The van der Waals surface area contributed by atoms with Gasteiger partial charge in [0.15, 0.2) is 0 Å². The van der Waals surface area contributed by atoms with Crippen LogP contribution in [0, 0.1) is 23.2 Å². The number of likely N-dealkylation sites (tertiary alicyclic amines) is 1. The van der Waals surface area contributed by atoms with Crippen LogP contribution in [0.3, 0.4) is 0 Å². The van der Waals surface area contributed by atoms with Gasteiger partial charge in [0.2, 0.25) is 11.8 Å². The van der Waals surface area contributed by atoms with Crippen molar-refractivity contribution in [1.82, 2.24) is 4.90 Å². The van der Waals surface area contributed by atoms with Gasteiger partial charge in [-0.3, -0.25) is 14.5 Å². The fourth-order valence-corrected chi connectivity index (χ4v) is 4.70. The van der Waals surface area contributed by atoms with Crippen LogP contribution < -0.4 is 0 Å². The molecule has 2 fully saturated rings. The third-order valence-corrected chi connectivity index (χ3v) is 6.87. The largest absolute Gasteiger partial charge is 0.282 e. The second-order valence-corrected chi connectivity index (χ2v) is 7.12. The number of amides is 2.